The fourth-order valence-corrected chi connectivity index (χ4v) is 3.15. The van der Waals surface area contributed by atoms with Crippen LogP contribution in [0.3, 0.4) is 0 Å². The molecule has 1 N–H and O–H groups in total. The molecule has 2 aromatic heterocycles. The van der Waals surface area contributed by atoms with Crippen LogP contribution < -0.4 is 5.32 Å². The van der Waals surface area contributed by atoms with E-state index < -0.39 is 0 Å². The summed E-state index contributed by atoms with van der Waals surface area (Å²) in [6, 6.07) is 8.49. The molecule has 4 rings (SSSR count). The van der Waals surface area contributed by atoms with E-state index in [1.54, 1.807) is 0 Å². The van der Waals surface area contributed by atoms with Crippen molar-refractivity contribution >= 4 is 5.78 Å². The van der Waals surface area contributed by atoms with Crippen molar-refractivity contribution < 1.29 is 0 Å². The lowest BCUT2D eigenvalue weighted by molar-refractivity contribution is 0.644. The molecule has 0 bridgehead atoms. The van der Waals surface area contributed by atoms with Crippen LogP contribution in [0.4, 0.5) is 0 Å². The van der Waals surface area contributed by atoms with Gasteiger partial charge in [-0.2, -0.15) is 0 Å². The first-order chi connectivity index (χ1) is 10.2. The number of benzene rings is 1. The van der Waals surface area contributed by atoms with Crippen LogP contribution in [0.1, 0.15) is 22.5 Å². The molecule has 3 heterocycles. The fourth-order valence-electron chi connectivity index (χ4n) is 3.15. The maximum Gasteiger partial charge on any atom is 0.255 e. The summed E-state index contributed by atoms with van der Waals surface area (Å²) in [5, 5.41) is 12.1. The van der Waals surface area contributed by atoms with Gasteiger partial charge in [-0.1, -0.05) is 18.2 Å². The topological polar surface area (TPSA) is 55.1 Å². The van der Waals surface area contributed by atoms with E-state index >= 15 is 0 Å². The van der Waals surface area contributed by atoms with Gasteiger partial charge in [-0.15, -0.1) is 10.2 Å². The standard InChI is InChI=1S/C16H17N5/c1-10-8-11(2)21-15(19-20-16(21)18-10)14-5-3-4-12-9-17-7-6-13(12)14/h3-5,8,17H,6-7,9H2,1-2H3. The SMILES string of the molecule is Cc1cc(C)n2c(-c3cccc4c3CCNC4)nnc2n1. The molecule has 3 aromatic rings. The van der Waals surface area contributed by atoms with E-state index in [-0.39, 0.29) is 0 Å². The van der Waals surface area contributed by atoms with Gasteiger partial charge >= 0.3 is 0 Å². The predicted molar refractivity (Wildman–Crippen MR) is 81.1 cm³/mol. The van der Waals surface area contributed by atoms with Gasteiger partial charge in [0, 0.05) is 23.5 Å². The number of fused-ring (bicyclic) bond motifs is 2. The predicted octanol–water partition coefficient (Wildman–Crippen LogP) is 2.05. The highest BCUT2D eigenvalue weighted by Crippen LogP contribution is 2.28. The molecule has 0 spiro atoms. The zero-order valence-electron chi connectivity index (χ0n) is 12.2. The minimum absolute atomic E-state index is 0.675. The van der Waals surface area contributed by atoms with Crippen molar-refractivity contribution in [2.75, 3.05) is 6.54 Å². The Bertz CT molecular complexity index is 834. The van der Waals surface area contributed by atoms with Gasteiger partial charge in [0.1, 0.15) is 0 Å². The number of nitrogens with zero attached hydrogens (tertiary/aromatic N) is 4. The Morgan fingerprint density at radius 2 is 2.10 bits per heavy atom. The molecule has 0 radical (unpaired) electrons. The minimum Gasteiger partial charge on any atom is -0.312 e. The summed E-state index contributed by atoms with van der Waals surface area (Å²) >= 11 is 0. The van der Waals surface area contributed by atoms with Gasteiger partial charge in [0.15, 0.2) is 5.82 Å². The third-order valence-electron chi connectivity index (χ3n) is 4.07. The normalized spacial score (nSPS) is 14.4. The second-order valence-corrected chi connectivity index (χ2v) is 5.57. The maximum atomic E-state index is 4.47. The van der Waals surface area contributed by atoms with Crippen molar-refractivity contribution in [1.82, 2.24) is 24.9 Å². The number of aromatic nitrogens is 4. The van der Waals surface area contributed by atoms with E-state index in [2.05, 4.69) is 51.7 Å². The average molecular weight is 279 g/mol. The van der Waals surface area contributed by atoms with E-state index in [9.17, 15) is 0 Å². The molecule has 0 atom stereocenters. The molecule has 0 saturated carbocycles. The number of rotatable bonds is 1. The van der Waals surface area contributed by atoms with Gasteiger partial charge in [-0.05, 0) is 44.0 Å². The highest BCUT2D eigenvalue weighted by Gasteiger charge is 2.18. The molecule has 0 unspecified atom stereocenters. The van der Waals surface area contributed by atoms with Crippen molar-refractivity contribution in [2.24, 2.45) is 0 Å². The lowest BCUT2D eigenvalue weighted by atomic mass is 9.95. The lowest BCUT2D eigenvalue weighted by Gasteiger charge is -2.19. The van der Waals surface area contributed by atoms with E-state index in [4.69, 9.17) is 0 Å². The first-order valence-corrected chi connectivity index (χ1v) is 7.25. The van der Waals surface area contributed by atoms with Crippen LogP contribution >= 0.6 is 0 Å². The molecular formula is C16H17N5. The summed E-state index contributed by atoms with van der Waals surface area (Å²) in [6.07, 6.45) is 1.03. The number of aryl methyl sites for hydroxylation is 2. The van der Waals surface area contributed by atoms with Gasteiger partial charge in [-0.3, -0.25) is 4.40 Å². The summed E-state index contributed by atoms with van der Waals surface area (Å²) in [5.74, 6) is 1.57. The third kappa shape index (κ3) is 1.93. The highest BCUT2D eigenvalue weighted by atomic mass is 15.3. The minimum atomic E-state index is 0.675. The van der Waals surface area contributed by atoms with Gasteiger partial charge in [0.05, 0.1) is 0 Å². The van der Waals surface area contributed by atoms with Gasteiger partial charge in [-0.25, -0.2) is 4.98 Å². The summed E-state index contributed by atoms with van der Waals surface area (Å²) in [7, 11) is 0. The van der Waals surface area contributed by atoms with Crippen LogP contribution in [-0.4, -0.2) is 26.1 Å². The Morgan fingerprint density at radius 3 is 3.00 bits per heavy atom. The van der Waals surface area contributed by atoms with E-state index in [0.29, 0.717) is 5.78 Å². The highest BCUT2D eigenvalue weighted by molar-refractivity contribution is 5.65. The Morgan fingerprint density at radius 1 is 1.19 bits per heavy atom. The van der Waals surface area contributed by atoms with Crippen molar-refractivity contribution in [2.45, 2.75) is 26.8 Å². The van der Waals surface area contributed by atoms with Crippen molar-refractivity contribution in [3.8, 4) is 11.4 Å². The second-order valence-electron chi connectivity index (χ2n) is 5.57. The molecule has 0 saturated heterocycles. The van der Waals surface area contributed by atoms with Crippen molar-refractivity contribution in [1.29, 1.82) is 0 Å². The van der Waals surface area contributed by atoms with E-state index in [0.717, 1.165) is 36.7 Å². The van der Waals surface area contributed by atoms with Crippen LogP contribution in [0.15, 0.2) is 24.3 Å². The second kappa shape index (κ2) is 4.63. The van der Waals surface area contributed by atoms with E-state index in [1.165, 1.54) is 16.7 Å². The molecule has 21 heavy (non-hydrogen) atoms. The van der Waals surface area contributed by atoms with Crippen LogP contribution in [0, 0.1) is 13.8 Å². The summed E-state index contributed by atoms with van der Waals surface area (Å²) < 4.78 is 2.05. The molecule has 1 aliphatic rings. The largest absolute Gasteiger partial charge is 0.312 e. The van der Waals surface area contributed by atoms with Crippen molar-refractivity contribution in [3.05, 3.63) is 46.8 Å². The zero-order chi connectivity index (χ0) is 14.4. The first-order valence-electron chi connectivity index (χ1n) is 7.25. The molecule has 1 aliphatic heterocycles. The Kier molecular flexibility index (Phi) is 2.75. The Labute approximate surface area is 123 Å². The lowest BCUT2D eigenvalue weighted by Crippen LogP contribution is -2.24. The van der Waals surface area contributed by atoms with Crippen LogP contribution in [0.2, 0.25) is 0 Å². The first kappa shape index (κ1) is 12.5. The molecule has 0 amide bonds. The molecule has 1 aromatic carbocycles. The number of hydrogen-bond acceptors (Lipinski definition) is 4. The maximum absolute atomic E-state index is 4.47. The third-order valence-corrected chi connectivity index (χ3v) is 4.07. The monoisotopic (exact) mass is 279 g/mol. The molecule has 5 nitrogen and oxygen atoms in total. The quantitative estimate of drug-likeness (QED) is 0.741. The Balaban J connectivity index is 1.99. The smallest absolute Gasteiger partial charge is 0.255 e. The number of nitrogens with one attached hydrogen (secondary N) is 1. The summed E-state index contributed by atoms with van der Waals surface area (Å²) in [4.78, 5) is 4.47. The summed E-state index contributed by atoms with van der Waals surface area (Å²) in [6.45, 7) is 6.00. The molecule has 0 aliphatic carbocycles. The van der Waals surface area contributed by atoms with Gasteiger partial charge < -0.3 is 5.32 Å². The summed E-state index contributed by atoms with van der Waals surface area (Å²) in [5.41, 5.74) is 6.00. The van der Waals surface area contributed by atoms with Crippen LogP contribution in [0.25, 0.3) is 17.2 Å². The van der Waals surface area contributed by atoms with Gasteiger partial charge in [0.2, 0.25) is 0 Å². The number of hydrogen-bond donors (Lipinski definition) is 1. The van der Waals surface area contributed by atoms with E-state index in [1.807, 2.05) is 11.3 Å². The van der Waals surface area contributed by atoms with Crippen LogP contribution in [0.5, 0.6) is 0 Å². The van der Waals surface area contributed by atoms with Gasteiger partial charge in [0.25, 0.3) is 5.78 Å². The fraction of sp³-hybridized carbons (Fsp3) is 0.312. The van der Waals surface area contributed by atoms with Crippen LogP contribution in [-0.2, 0) is 13.0 Å². The Hall–Kier alpha value is -2.27. The molecular weight excluding hydrogens is 262 g/mol. The zero-order valence-corrected chi connectivity index (χ0v) is 12.2. The van der Waals surface area contributed by atoms with Crippen molar-refractivity contribution in [3.63, 3.8) is 0 Å². The molecule has 106 valence electrons. The molecule has 5 heteroatoms. The molecule has 0 fully saturated rings. The average Bonchev–Trinajstić information content (AvgIpc) is 2.90.